The molecule has 1 rings (SSSR count). The van der Waals surface area contributed by atoms with Crippen molar-refractivity contribution in [3.8, 4) is 0 Å². The van der Waals surface area contributed by atoms with Crippen LogP contribution in [0.2, 0.25) is 0 Å². The van der Waals surface area contributed by atoms with E-state index in [9.17, 15) is 9.59 Å². The Bertz CT molecular complexity index is 593. The molecule has 0 N–H and O–H groups in total. The molecule has 1 aromatic carbocycles. The van der Waals surface area contributed by atoms with Gasteiger partial charge in [-0.1, -0.05) is 62.9 Å². The quantitative estimate of drug-likeness (QED) is 0.104. The third kappa shape index (κ3) is 17.3. The Kier molecular flexibility index (Phi) is 19.4. The van der Waals surface area contributed by atoms with E-state index in [0.29, 0.717) is 58.4 Å². The van der Waals surface area contributed by atoms with Crippen LogP contribution in [0.3, 0.4) is 0 Å². The number of carbonyl (C=O) groups is 2. The summed E-state index contributed by atoms with van der Waals surface area (Å²) < 4.78 is 32.0. The van der Waals surface area contributed by atoms with Crippen LogP contribution < -0.4 is 0 Å². The summed E-state index contributed by atoms with van der Waals surface area (Å²) in [5.41, 5.74) is 0.308. The van der Waals surface area contributed by atoms with Gasteiger partial charge in [-0.3, -0.25) is 4.79 Å². The number of ether oxygens (including phenoxy) is 6. The van der Waals surface area contributed by atoms with Crippen molar-refractivity contribution < 1.29 is 38.0 Å². The Balaban J connectivity index is 1.75. The van der Waals surface area contributed by atoms with Crippen LogP contribution in [0.5, 0.6) is 0 Å². The van der Waals surface area contributed by atoms with Gasteiger partial charge < -0.3 is 28.4 Å². The largest absolute Gasteiger partial charge is 0.457 e. The molecule has 0 spiro atoms. The highest BCUT2D eigenvalue weighted by Gasteiger charge is 2.16. The Morgan fingerprint density at radius 1 is 0.576 bits per heavy atom. The molecule has 0 radical (unpaired) electrons. The number of esters is 1. The van der Waals surface area contributed by atoms with Gasteiger partial charge in [-0.2, -0.15) is 0 Å². The molecule has 0 aromatic heterocycles. The molecule has 0 bridgehead atoms. The molecule has 0 heterocycles. The van der Waals surface area contributed by atoms with Crippen LogP contribution >= 0.6 is 0 Å². The number of hydrogen-bond donors (Lipinski definition) is 0. The highest BCUT2D eigenvalue weighted by atomic mass is 16.6. The van der Waals surface area contributed by atoms with Crippen molar-refractivity contribution in [2.75, 3.05) is 72.7 Å². The molecule has 0 aliphatic rings. The lowest BCUT2D eigenvalue weighted by atomic mass is 10.1. The second-order valence-corrected chi connectivity index (χ2v) is 7.31. The van der Waals surface area contributed by atoms with Crippen molar-refractivity contribution in [1.82, 2.24) is 0 Å². The number of benzene rings is 1. The van der Waals surface area contributed by atoms with Gasteiger partial charge in [-0.05, 0) is 6.42 Å². The van der Waals surface area contributed by atoms with Crippen molar-refractivity contribution >= 4 is 11.8 Å². The molecule has 0 unspecified atom stereocenters. The van der Waals surface area contributed by atoms with Gasteiger partial charge in [0.1, 0.15) is 6.61 Å². The van der Waals surface area contributed by atoms with Gasteiger partial charge in [0.2, 0.25) is 0 Å². The summed E-state index contributed by atoms with van der Waals surface area (Å²) >= 11 is 0. The first kappa shape index (κ1) is 29.2. The molecule has 0 fully saturated rings. The molecule has 0 amide bonds. The van der Waals surface area contributed by atoms with Crippen LogP contribution in [0.4, 0.5) is 0 Å². The van der Waals surface area contributed by atoms with E-state index in [-0.39, 0.29) is 13.2 Å². The van der Waals surface area contributed by atoms with E-state index in [4.69, 9.17) is 28.4 Å². The van der Waals surface area contributed by atoms with Crippen molar-refractivity contribution in [2.24, 2.45) is 0 Å². The van der Waals surface area contributed by atoms with Crippen LogP contribution in [-0.4, -0.2) is 84.4 Å². The maximum atomic E-state index is 11.8. The van der Waals surface area contributed by atoms with Crippen molar-refractivity contribution in [1.29, 1.82) is 0 Å². The van der Waals surface area contributed by atoms with E-state index >= 15 is 0 Å². The molecule has 0 atom stereocenters. The van der Waals surface area contributed by atoms with Gasteiger partial charge in [0, 0.05) is 12.2 Å². The van der Waals surface area contributed by atoms with E-state index in [1.165, 1.54) is 25.7 Å². The number of ketones is 1. The van der Waals surface area contributed by atoms with Gasteiger partial charge in [0.05, 0.1) is 59.5 Å². The third-order valence-electron chi connectivity index (χ3n) is 4.56. The summed E-state index contributed by atoms with van der Waals surface area (Å²) in [6.45, 7) is 7.23. The summed E-state index contributed by atoms with van der Waals surface area (Å²) in [4.78, 5) is 23.5. The molecule has 33 heavy (non-hydrogen) atoms. The van der Waals surface area contributed by atoms with Gasteiger partial charge in [-0.25, -0.2) is 4.79 Å². The SMILES string of the molecule is CCCCCCCOCCOCCOCCOCCOCCOC(=O)C(=O)c1ccccc1. The van der Waals surface area contributed by atoms with Gasteiger partial charge in [0.15, 0.2) is 0 Å². The van der Waals surface area contributed by atoms with Crippen LogP contribution in [0, 0.1) is 0 Å². The maximum absolute atomic E-state index is 11.8. The van der Waals surface area contributed by atoms with Gasteiger partial charge >= 0.3 is 5.97 Å². The number of rotatable bonds is 23. The fourth-order valence-corrected chi connectivity index (χ4v) is 2.76. The fraction of sp³-hybridized carbons (Fsp3) is 0.680. The van der Waals surface area contributed by atoms with Crippen molar-refractivity contribution in [2.45, 2.75) is 39.0 Å². The zero-order valence-electron chi connectivity index (χ0n) is 20.0. The fourth-order valence-electron chi connectivity index (χ4n) is 2.76. The Morgan fingerprint density at radius 2 is 1.03 bits per heavy atom. The van der Waals surface area contributed by atoms with E-state index in [0.717, 1.165) is 13.0 Å². The summed E-state index contributed by atoms with van der Waals surface area (Å²) in [6.07, 6.45) is 6.22. The van der Waals surface area contributed by atoms with E-state index in [2.05, 4.69) is 6.92 Å². The van der Waals surface area contributed by atoms with E-state index in [1.54, 1.807) is 30.3 Å². The highest BCUT2D eigenvalue weighted by Crippen LogP contribution is 2.02. The molecule has 188 valence electrons. The Labute approximate surface area is 197 Å². The predicted molar refractivity (Wildman–Crippen MR) is 125 cm³/mol. The second kappa shape index (κ2) is 22.0. The smallest absolute Gasteiger partial charge is 0.379 e. The molecule has 8 heteroatoms. The Morgan fingerprint density at radius 3 is 1.55 bits per heavy atom. The monoisotopic (exact) mass is 468 g/mol. The molecule has 0 saturated heterocycles. The molecular formula is C25H40O8. The van der Waals surface area contributed by atoms with Crippen LogP contribution in [0.15, 0.2) is 30.3 Å². The Hall–Kier alpha value is -1.84. The summed E-state index contributed by atoms with van der Waals surface area (Å²) in [7, 11) is 0. The first-order chi connectivity index (χ1) is 16.3. The average Bonchev–Trinajstić information content (AvgIpc) is 2.85. The summed E-state index contributed by atoms with van der Waals surface area (Å²) in [6, 6.07) is 8.29. The number of carbonyl (C=O) groups excluding carboxylic acids is 2. The third-order valence-corrected chi connectivity index (χ3v) is 4.56. The maximum Gasteiger partial charge on any atom is 0.379 e. The first-order valence-electron chi connectivity index (χ1n) is 11.9. The van der Waals surface area contributed by atoms with Crippen LogP contribution in [0.25, 0.3) is 0 Å². The highest BCUT2D eigenvalue weighted by molar-refractivity contribution is 6.40. The number of unbranched alkanes of at least 4 members (excludes halogenated alkanes) is 4. The standard InChI is InChI=1S/C25H40O8/c1-2-3-4-5-9-12-28-13-14-29-15-16-30-17-18-31-19-20-32-21-22-33-25(27)24(26)23-10-7-6-8-11-23/h6-8,10-11H,2-5,9,12-22H2,1H3. The van der Waals surface area contributed by atoms with Gasteiger partial charge in [-0.15, -0.1) is 0 Å². The normalized spacial score (nSPS) is 10.9. The molecular weight excluding hydrogens is 428 g/mol. The zero-order valence-corrected chi connectivity index (χ0v) is 20.0. The van der Waals surface area contributed by atoms with Crippen LogP contribution in [-0.2, 0) is 33.2 Å². The lowest BCUT2D eigenvalue weighted by Gasteiger charge is -2.08. The molecule has 0 aliphatic carbocycles. The van der Waals surface area contributed by atoms with Crippen molar-refractivity contribution in [3.63, 3.8) is 0 Å². The minimum absolute atomic E-state index is 0.0184. The average molecular weight is 469 g/mol. The lowest BCUT2D eigenvalue weighted by molar-refractivity contribution is -0.139. The molecule has 1 aromatic rings. The molecule has 0 aliphatic heterocycles. The molecule has 0 saturated carbocycles. The summed E-state index contributed by atoms with van der Waals surface area (Å²) in [5, 5.41) is 0. The lowest BCUT2D eigenvalue weighted by Crippen LogP contribution is -2.20. The molecule has 8 nitrogen and oxygen atoms in total. The minimum Gasteiger partial charge on any atom is -0.457 e. The van der Waals surface area contributed by atoms with E-state index in [1.807, 2.05) is 0 Å². The zero-order chi connectivity index (χ0) is 23.8. The first-order valence-corrected chi connectivity index (χ1v) is 11.9. The summed E-state index contributed by atoms with van der Waals surface area (Å²) in [5.74, 6) is -1.54. The minimum atomic E-state index is -0.882. The number of Topliss-reactive ketones (excluding diaryl/α,β-unsaturated/α-hetero) is 1. The van der Waals surface area contributed by atoms with Gasteiger partial charge in [0.25, 0.3) is 5.78 Å². The second-order valence-electron chi connectivity index (χ2n) is 7.31. The van der Waals surface area contributed by atoms with Crippen molar-refractivity contribution in [3.05, 3.63) is 35.9 Å². The topological polar surface area (TPSA) is 89.5 Å². The van der Waals surface area contributed by atoms with Crippen LogP contribution in [0.1, 0.15) is 49.4 Å². The van der Waals surface area contributed by atoms with E-state index < -0.39 is 11.8 Å². The number of hydrogen-bond acceptors (Lipinski definition) is 8. The predicted octanol–water partition coefficient (Wildman–Crippen LogP) is 3.47.